The first-order valence-corrected chi connectivity index (χ1v) is 8.02. The summed E-state index contributed by atoms with van der Waals surface area (Å²) >= 11 is 0. The number of nitrogens with one attached hydrogen (secondary N) is 2. The largest absolute Gasteiger partial charge is 0.504 e. The normalized spacial score (nSPS) is 10.8. The second kappa shape index (κ2) is 8.66. The summed E-state index contributed by atoms with van der Waals surface area (Å²) < 4.78 is 4.96. The summed E-state index contributed by atoms with van der Waals surface area (Å²) in [5.41, 5.74) is 4.04. The van der Waals surface area contributed by atoms with Crippen LogP contribution in [0.3, 0.4) is 0 Å². The van der Waals surface area contributed by atoms with E-state index in [0.29, 0.717) is 22.6 Å². The van der Waals surface area contributed by atoms with Crippen LogP contribution in [-0.4, -0.2) is 30.2 Å². The van der Waals surface area contributed by atoms with Gasteiger partial charge >= 0.3 is 0 Å². The van der Waals surface area contributed by atoms with Gasteiger partial charge in [0.25, 0.3) is 5.91 Å². The summed E-state index contributed by atoms with van der Waals surface area (Å²) in [6, 6.07) is 11.3. The lowest BCUT2D eigenvalue weighted by molar-refractivity contribution is -0.118. The number of hydrazone groups is 1. The molecule has 2 amide bonds. The number of hydrogen-bond donors (Lipinski definition) is 3. The zero-order chi connectivity index (χ0) is 19.1. The van der Waals surface area contributed by atoms with Crippen molar-refractivity contribution in [2.24, 2.45) is 11.0 Å². The molecule has 2 rings (SSSR count). The van der Waals surface area contributed by atoms with Gasteiger partial charge in [0, 0.05) is 17.2 Å². The van der Waals surface area contributed by atoms with Crippen molar-refractivity contribution in [1.82, 2.24) is 5.43 Å². The number of rotatable bonds is 6. The highest BCUT2D eigenvalue weighted by molar-refractivity contribution is 5.96. The molecule has 0 aliphatic carbocycles. The molecule has 2 aromatic rings. The summed E-state index contributed by atoms with van der Waals surface area (Å²) in [6.07, 6.45) is 1.41. The molecule has 0 fully saturated rings. The fourth-order valence-corrected chi connectivity index (χ4v) is 2.01. The number of ether oxygens (including phenoxy) is 1. The van der Waals surface area contributed by atoms with E-state index in [9.17, 15) is 14.7 Å². The van der Waals surface area contributed by atoms with Crippen molar-refractivity contribution >= 4 is 23.7 Å². The van der Waals surface area contributed by atoms with Crippen LogP contribution >= 0.6 is 0 Å². The van der Waals surface area contributed by atoms with Crippen molar-refractivity contribution in [3.05, 3.63) is 53.6 Å². The van der Waals surface area contributed by atoms with E-state index in [2.05, 4.69) is 15.8 Å². The SMILES string of the molecule is COc1ccc(/C=N\NC(=O)c2ccc(NC(=O)C(C)C)cc2)cc1O. The minimum Gasteiger partial charge on any atom is -0.504 e. The first-order chi connectivity index (χ1) is 12.4. The van der Waals surface area contributed by atoms with E-state index >= 15 is 0 Å². The van der Waals surface area contributed by atoms with Crippen LogP contribution in [0.2, 0.25) is 0 Å². The first kappa shape index (κ1) is 19.0. The minimum atomic E-state index is -0.388. The molecule has 3 N–H and O–H groups in total. The molecular weight excluding hydrogens is 334 g/mol. The molecule has 26 heavy (non-hydrogen) atoms. The highest BCUT2D eigenvalue weighted by Gasteiger charge is 2.08. The van der Waals surface area contributed by atoms with Gasteiger partial charge in [0.05, 0.1) is 13.3 Å². The van der Waals surface area contributed by atoms with Gasteiger partial charge in [0.1, 0.15) is 0 Å². The maximum Gasteiger partial charge on any atom is 0.271 e. The molecule has 0 aliphatic rings. The Morgan fingerprint density at radius 3 is 2.42 bits per heavy atom. The smallest absolute Gasteiger partial charge is 0.271 e. The molecule has 0 heterocycles. The van der Waals surface area contributed by atoms with Crippen molar-refractivity contribution in [2.75, 3.05) is 12.4 Å². The van der Waals surface area contributed by atoms with Crippen molar-refractivity contribution in [2.45, 2.75) is 13.8 Å². The summed E-state index contributed by atoms with van der Waals surface area (Å²) in [5.74, 6) is -0.252. The topological polar surface area (TPSA) is 100 Å². The standard InChI is InChI=1S/C19H21N3O4/c1-12(2)18(24)21-15-7-5-14(6-8-15)19(25)22-20-11-13-4-9-17(26-3)16(23)10-13/h4-12,23H,1-3H3,(H,21,24)(H,22,25)/b20-11-. The molecule has 0 saturated carbocycles. The number of benzene rings is 2. The van der Waals surface area contributed by atoms with E-state index in [1.807, 2.05) is 0 Å². The Labute approximate surface area is 151 Å². The van der Waals surface area contributed by atoms with Crippen molar-refractivity contribution in [3.63, 3.8) is 0 Å². The summed E-state index contributed by atoms with van der Waals surface area (Å²) in [4.78, 5) is 23.7. The van der Waals surface area contributed by atoms with E-state index in [1.165, 1.54) is 19.4 Å². The predicted octanol–water partition coefficient (Wildman–Crippen LogP) is 2.76. The number of aromatic hydroxyl groups is 1. The van der Waals surface area contributed by atoms with Crippen molar-refractivity contribution < 1.29 is 19.4 Å². The molecule has 0 unspecified atom stereocenters. The van der Waals surface area contributed by atoms with Crippen LogP contribution < -0.4 is 15.5 Å². The third-order valence-corrected chi connectivity index (χ3v) is 3.52. The molecule has 7 nitrogen and oxygen atoms in total. The molecule has 0 radical (unpaired) electrons. The van der Waals surface area contributed by atoms with Crippen LogP contribution in [0.1, 0.15) is 29.8 Å². The van der Waals surface area contributed by atoms with Gasteiger partial charge < -0.3 is 15.2 Å². The van der Waals surface area contributed by atoms with Gasteiger partial charge in [0.15, 0.2) is 11.5 Å². The Hall–Kier alpha value is -3.35. The summed E-state index contributed by atoms with van der Waals surface area (Å²) in [6.45, 7) is 3.61. The quantitative estimate of drug-likeness (QED) is 0.548. The van der Waals surface area contributed by atoms with Crippen LogP contribution in [0.15, 0.2) is 47.6 Å². The lowest BCUT2D eigenvalue weighted by Crippen LogP contribution is -2.19. The molecule has 0 aromatic heterocycles. The second-order valence-corrected chi connectivity index (χ2v) is 5.85. The van der Waals surface area contributed by atoms with Gasteiger partial charge in [-0.05, 0) is 48.0 Å². The molecule has 7 heteroatoms. The molecule has 0 bridgehead atoms. The maximum atomic E-state index is 12.1. The number of hydrogen-bond acceptors (Lipinski definition) is 5. The molecule has 136 valence electrons. The number of phenols is 1. The van der Waals surface area contributed by atoms with Crippen LogP contribution in [0.25, 0.3) is 0 Å². The van der Waals surface area contributed by atoms with E-state index < -0.39 is 0 Å². The first-order valence-electron chi connectivity index (χ1n) is 8.02. The fourth-order valence-electron chi connectivity index (χ4n) is 2.01. The highest BCUT2D eigenvalue weighted by Crippen LogP contribution is 2.25. The third kappa shape index (κ3) is 5.07. The Kier molecular flexibility index (Phi) is 6.32. The van der Waals surface area contributed by atoms with Gasteiger partial charge in [-0.2, -0.15) is 5.10 Å². The Balaban J connectivity index is 1.95. The van der Waals surface area contributed by atoms with Gasteiger partial charge in [0.2, 0.25) is 5.91 Å². The lowest BCUT2D eigenvalue weighted by atomic mass is 10.1. The molecule has 0 saturated heterocycles. The number of nitrogens with zero attached hydrogens (tertiary/aromatic N) is 1. The zero-order valence-corrected chi connectivity index (χ0v) is 14.8. The van der Waals surface area contributed by atoms with E-state index in [1.54, 1.807) is 50.2 Å². The zero-order valence-electron chi connectivity index (χ0n) is 14.8. The number of carbonyl (C=O) groups excluding carboxylic acids is 2. The number of phenolic OH excluding ortho intramolecular Hbond substituents is 1. The van der Waals surface area contributed by atoms with Crippen molar-refractivity contribution in [1.29, 1.82) is 0 Å². The Bertz CT molecular complexity index is 814. The molecule has 0 atom stereocenters. The van der Waals surface area contributed by atoms with Crippen LogP contribution in [-0.2, 0) is 4.79 Å². The summed E-state index contributed by atoms with van der Waals surface area (Å²) in [7, 11) is 1.46. The van der Waals surface area contributed by atoms with Gasteiger partial charge in [-0.3, -0.25) is 9.59 Å². The average Bonchev–Trinajstić information content (AvgIpc) is 2.62. The Morgan fingerprint density at radius 1 is 1.15 bits per heavy atom. The predicted molar refractivity (Wildman–Crippen MR) is 99.6 cm³/mol. The van der Waals surface area contributed by atoms with E-state index in [0.717, 1.165) is 0 Å². The molecule has 2 aromatic carbocycles. The monoisotopic (exact) mass is 355 g/mol. The van der Waals surface area contributed by atoms with E-state index in [-0.39, 0.29) is 23.5 Å². The lowest BCUT2D eigenvalue weighted by Gasteiger charge is -2.08. The number of anilines is 1. The average molecular weight is 355 g/mol. The number of carbonyl (C=O) groups is 2. The summed E-state index contributed by atoms with van der Waals surface area (Å²) in [5, 5.41) is 16.3. The van der Waals surface area contributed by atoms with Gasteiger partial charge in [-0.1, -0.05) is 13.8 Å². The molecular formula is C19H21N3O4. The van der Waals surface area contributed by atoms with Crippen LogP contribution in [0.5, 0.6) is 11.5 Å². The van der Waals surface area contributed by atoms with Crippen LogP contribution in [0.4, 0.5) is 5.69 Å². The second-order valence-electron chi connectivity index (χ2n) is 5.85. The molecule has 0 spiro atoms. The maximum absolute atomic E-state index is 12.1. The van der Waals surface area contributed by atoms with Gasteiger partial charge in [-0.15, -0.1) is 0 Å². The number of amides is 2. The number of methoxy groups -OCH3 is 1. The molecule has 0 aliphatic heterocycles. The highest BCUT2D eigenvalue weighted by atomic mass is 16.5. The third-order valence-electron chi connectivity index (χ3n) is 3.52. The fraction of sp³-hybridized carbons (Fsp3) is 0.211. The van der Waals surface area contributed by atoms with Crippen LogP contribution in [0, 0.1) is 5.92 Å². The Morgan fingerprint density at radius 2 is 1.85 bits per heavy atom. The minimum absolute atomic E-state index is 0.0122. The van der Waals surface area contributed by atoms with Crippen molar-refractivity contribution in [3.8, 4) is 11.5 Å². The van der Waals surface area contributed by atoms with E-state index in [4.69, 9.17) is 4.74 Å². The van der Waals surface area contributed by atoms with Gasteiger partial charge in [-0.25, -0.2) is 5.43 Å².